The van der Waals surface area contributed by atoms with Crippen LogP contribution in [-0.4, -0.2) is 63.4 Å². The first-order valence-electron chi connectivity index (χ1n) is 11.5. The van der Waals surface area contributed by atoms with Crippen molar-refractivity contribution in [3.05, 3.63) is 54.1 Å². The van der Waals surface area contributed by atoms with E-state index >= 15 is 0 Å². The van der Waals surface area contributed by atoms with Crippen LogP contribution in [0.5, 0.6) is 0 Å². The molecule has 0 amide bonds. The van der Waals surface area contributed by atoms with E-state index in [9.17, 15) is 0 Å². The number of piperazine rings is 1. The number of benzene rings is 2. The average molecular weight is 430 g/mol. The highest BCUT2D eigenvalue weighted by Gasteiger charge is 2.23. The minimum atomic E-state index is 0.514. The van der Waals surface area contributed by atoms with Crippen molar-refractivity contribution in [3.63, 3.8) is 0 Å². The van der Waals surface area contributed by atoms with Crippen LogP contribution in [0.25, 0.3) is 22.1 Å². The van der Waals surface area contributed by atoms with E-state index in [1.165, 1.54) is 11.3 Å². The maximum absolute atomic E-state index is 4.72. The van der Waals surface area contributed by atoms with E-state index in [0.29, 0.717) is 12.0 Å². The van der Waals surface area contributed by atoms with E-state index < -0.39 is 0 Å². The second kappa shape index (κ2) is 8.74. The molecule has 2 aromatic carbocycles. The van der Waals surface area contributed by atoms with Crippen molar-refractivity contribution < 1.29 is 0 Å². The van der Waals surface area contributed by atoms with E-state index in [-0.39, 0.29) is 0 Å². The van der Waals surface area contributed by atoms with Gasteiger partial charge in [-0.1, -0.05) is 30.3 Å². The molecule has 1 fully saturated rings. The lowest BCUT2D eigenvalue weighted by atomic mass is 10.1. The predicted molar refractivity (Wildman–Crippen MR) is 131 cm³/mol. The molecule has 3 heterocycles. The van der Waals surface area contributed by atoms with Gasteiger partial charge in [0.15, 0.2) is 5.65 Å². The van der Waals surface area contributed by atoms with Gasteiger partial charge in [-0.05, 0) is 50.6 Å². The largest absolute Gasteiger partial charge is 0.366 e. The van der Waals surface area contributed by atoms with Gasteiger partial charge in [0.25, 0.3) is 0 Å². The molecule has 1 saturated heterocycles. The number of fused-ring (bicyclic) bond motifs is 3. The molecule has 166 valence electrons. The van der Waals surface area contributed by atoms with Crippen molar-refractivity contribution in [2.24, 2.45) is 7.05 Å². The van der Waals surface area contributed by atoms with E-state index in [0.717, 1.165) is 61.2 Å². The van der Waals surface area contributed by atoms with Gasteiger partial charge in [-0.15, -0.1) is 10.2 Å². The van der Waals surface area contributed by atoms with Crippen molar-refractivity contribution in [2.45, 2.75) is 26.3 Å². The molecule has 1 atom stereocenters. The van der Waals surface area contributed by atoms with Gasteiger partial charge in [0.2, 0.25) is 5.95 Å². The molecule has 7 heteroatoms. The Bertz CT molecular complexity index is 1230. The fourth-order valence-electron chi connectivity index (χ4n) is 4.81. The molecule has 1 N–H and O–H groups in total. The van der Waals surface area contributed by atoms with Crippen LogP contribution in [0.4, 0.5) is 11.6 Å². The maximum Gasteiger partial charge on any atom is 0.244 e. The molecule has 2 aromatic heterocycles. The van der Waals surface area contributed by atoms with Gasteiger partial charge < -0.3 is 14.8 Å². The zero-order chi connectivity index (χ0) is 22.1. The molecular weight excluding hydrogens is 398 g/mol. The first-order chi connectivity index (χ1) is 15.6. The Hall–Kier alpha value is -3.19. The van der Waals surface area contributed by atoms with E-state index in [2.05, 4.69) is 80.1 Å². The van der Waals surface area contributed by atoms with Gasteiger partial charge in [-0.2, -0.15) is 4.98 Å². The molecule has 1 aliphatic rings. The lowest BCUT2D eigenvalue weighted by Gasteiger charge is -2.41. The van der Waals surface area contributed by atoms with Crippen molar-refractivity contribution >= 4 is 33.7 Å². The quantitative estimate of drug-likeness (QED) is 0.470. The molecule has 32 heavy (non-hydrogen) atoms. The molecule has 0 aliphatic carbocycles. The van der Waals surface area contributed by atoms with Gasteiger partial charge in [-0.25, -0.2) is 0 Å². The Morgan fingerprint density at radius 1 is 1.06 bits per heavy atom. The van der Waals surface area contributed by atoms with Crippen molar-refractivity contribution in [1.82, 2.24) is 24.6 Å². The number of aromatic nitrogens is 4. The number of nitrogens with one attached hydrogen (secondary N) is 1. The second-order valence-electron chi connectivity index (χ2n) is 8.85. The first-order valence-corrected chi connectivity index (χ1v) is 11.5. The molecule has 0 spiro atoms. The van der Waals surface area contributed by atoms with Crippen LogP contribution in [0.2, 0.25) is 0 Å². The third kappa shape index (κ3) is 4.00. The fraction of sp³-hybridized carbons (Fsp3) is 0.400. The Morgan fingerprint density at radius 3 is 2.78 bits per heavy atom. The van der Waals surface area contributed by atoms with Gasteiger partial charge in [-0.3, -0.25) is 4.90 Å². The summed E-state index contributed by atoms with van der Waals surface area (Å²) in [6, 6.07) is 17.6. The zero-order valence-electron chi connectivity index (χ0n) is 19.1. The monoisotopic (exact) mass is 429 g/mol. The number of para-hydroxylation sites is 1. The number of aryl methyl sites for hydroxylation is 2. The molecular formula is C25H31N7. The molecule has 0 radical (unpaired) electrons. The standard InChI is InChI=1S/C25H31N7/c1-18-8-6-9-20(16-18)32-15-14-31(17-19(32)2)13-7-12-26-25-27-24-23(28-29-25)21-10-4-5-11-22(21)30(24)3/h4-6,8-11,16,19H,7,12-15,17H2,1-3H3,(H,26,27,29)/t19-/m0/s1. The van der Waals surface area contributed by atoms with E-state index in [1.807, 2.05) is 19.2 Å². The van der Waals surface area contributed by atoms with Gasteiger partial charge in [0.05, 0.1) is 5.52 Å². The maximum atomic E-state index is 4.72. The van der Waals surface area contributed by atoms with Crippen LogP contribution in [0.15, 0.2) is 48.5 Å². The zero-order valence-corrected chi connectivity index (χ0v) is 19.1. The lowest BCUT2D eigenvalue weighted by Crippen LogP contribution is -2.52. The number of anilines is 2. The molecule has 0 bridgehead atoms. The summed E-state index contributed by atoms with van der Waals surface area (Å²) in [6.45, 7) is 9.65. The summed E-state index contributed by atoms with van der Waals surface area (Å²) in [7, 11) is 2.03. The SMILES string of the molecule is Cc1cccc(N2CCN(CCCNc3nnc4c5ccccc5n(C)c4n3)C[C@@H]2C)c1. The molecule has 1 aliphatic heterocycles. The highest BCUT2D eigenvalue weighted by molar-refractivity contribution is 6.04. The smallest absolute Gasteiger partial charge is 0.244 e. The summed E-state index contributed by atoms with van der Waals surface area (Å²) in [5.74, 6) is 0.598. The highest BCUT2D eigenvalue weighted by atomic mass is 15.3. The Morgan fingerprint density at radius 2 is 1.94 bits per heavy atom. The first kappa shape index (κ1) is 20.7. The number of hydrogen-bond donors (Lipinski definition) is 1. The van der Waals surface area contributed by atoms with Crippen LogP contribution in [0, 0.1) is 6.92 Å². The summed E-state index contributed by atoms with van der Waals surface area (Å²) in [5, 5.41) is 13.2. The fourth-order valence-corrected chi connectivity index (χ4v) is 4.81. The van der Waals surface area contributed by atoms with Crippen LogP contribution in [0.3, 0.4) is 0 Å². The molecule has 5 rings (SSSR count). The van der Waals surface area contributed by atoms with Gasteiger partial charge in [0, 0.05) is 50.3 Å². The number of hydrogen-bond acceptors (Lipinski definition) is 6. The van der Waals surface area contributed by atoms with Gasteiger partial charge in [0.1, 0.15) is 5.52 Å². The molecule has 4 aromatic rings. The average Bonchev–Trinajstić information content (AvgIpc) is 3.09. The summed E-state index contributed by atoms with van der Waals surface area (Å²) in [5.41, 5.74) is 5.51. The lowest BCUT2D eigenvalue weighted by molar-refractivity contribution is 0.228. The topological polar surface area (TPSA) is 62.1 Å². The molecule has 7 nitrogen and oxygen atoms in total. The van der Waals surface area contributed by atoms with Crippen LogP contribution in [-0.2, 0) is 7.05 Å². The number of nitrogens with zero attached hydrogens (tertiary/aromatic N) is 6. The Balaban J connectivity index is 1.14. The van der Waals surface area contributed by atoms with E-state index in [4.69, 9.17) is 4.98 Å². The summed E-state index contributed by atoms with van der Waals surface area (Å²) >= 11 is 0. The minimum absolute atomic E-state index is 0.514. The van der Waals surface area contributed by atoms with Crippen molar-refractivity contribution in [1.29, 1.82) is 0 Å². The summed E-state index contributed by atoms with van der Waals surface area (Å²) in [6.07, 6.45) is 1.05. The second-order valence-corrected chi connectivity index (χ2v) is 8.85. The summed E-state index contributed by atoms with van der Waals surface area (Å²) < 4.78 is 2.08. The van der Waals surface area contributed by atoms with Gasteiger partial charge >= 0.3 is 0 Å². The third-order valence-electron chi connectivity index (χ3n) is 6.49. The van der Waals surface area contributed by atoms with Crippen LogP contribution >= 0.6 is 0 Å². The normalized spacial score (nSPS) is 17.3. The number of rotatable bonds is 6. The Labute approximate surface area is 189 Å². The predicted octanol–water partition coefficient (Wildman–Crippen LogP) is 3.84. The summed E-state index contributed by atoms with van der Waals surface area (Å²) in [4.78, 5) is 9.81. The van der Waals surface area contributed by atoms with Crippen LogP contribution < -0.4 is 10.2 Å². The molecule has 0 unspecified atom stereocenters. The van der Waals surface area contributed by atoms with Crippen molar-refractivity contribution in [3.8, 4) is 0 Å². The van der Waals surface area contributed by atoms with E-state index in [1.54, 1.807) is 0 Å². The molecule has 0 saturated carbocycles. The van der Waals surface area contributed by atoms with Crippen molar-refractivity contribution in [2.75, 3.05) is 42.9 Å². The minimum Gasteiger partial charge on any atom is -0.366 e. The third-order valence-corrected chi connectivity index (χ3v) is 6.49. The van der Waals surface area contributed by atoms with Crippen LogP contribution in [0.1, 0.15) is 18.9 Å². The Kier molecular flexibility index (Phi) is 5.66. The highest BCUT2D eigenvalue weighted by Crippen LogP contribution is 2.25.